The lowest BCUT2D eigenvalue weighted by molar-refractivity contribution is -0.115. The van der Waals surface area contributed by atoms with Crippen LogP contribution in [0.15, 0.2) is 42.1 Å². The van der Waals surface area contributed by atoms with Crippen LogP contribution in [0.3, 0.4) is 0 Å². The monoisotopic (exact) mass is 475 g/mol. The quantitative estimate of drug-likeness (QED) is 0.394. The zero-order valence-corrected chi connectivity index (χ0v) is 16.4. The molecule has 0 aliphatic carbocycles. The van der Waals surface area contributed by atoms with Gasteiger partial charge in [-0.25, -0.2) is 4.79 Å². The molecular formula is C19H14IN3O4. The Balaban J connectivity index is 1.87. The van der Waals surface area contributed by atoms with Gasteiger partial charge in [0.1, 0.15) is 12.3 Å². The SMILES string of the molecule is COc1cc(/C=C2/NC(=O)NC2=O)cc(I)c1OCc1ccccc1C#N. The van der Waals surface area contributed by atoms with Gasteiger partial charge in [-0.15, -0.1) is 0 Å². The van der Waals surface area contributed by atoms with Crippen LogP contribution in [0, 0.1) is 14.9 Å². The summed E-state index contributed by atoms with van der Waals surface area (Å²) in [4.78, 5) is 22.9. The summed E-state index contributed by atoms with van der Waals surface area (Å²) in [7, 11) is 1.52. The minimum Gasteiger partial charge on any atom is -0.493 e. The number of nitrogens with one attached hydrogen (secondary N) is 2. The molecule has 2 aromatic carbocycles. The number of hydrogen-bond donors (Lipinski definition) is 2. The van der Waals surface area contributed by atoms with Crippen LogP contribution < -0.4 is 20.1 Å². The normalized spacial score (nSPS) is 14.5. The lowest BCUT2D eigenvalue weighted by atomic mass is 10.1. The van der Waals surface area contributed by atoms with Crippen LogP contribution >= 0.6 is 22.6 Å². The maximum atomic E-state index is 11.7. The van der Waals surface area contributed by atoms with Crippen LogP contribution in [-0.4, -0.2) is 19.0 Å². The molecule has 1 aliphatic heterocycles. The average Bonchev–Trinajstić information content (AvgIpc) is 2.97. The van der Waals surface area contributed by atoms with Crippen molar-refractivity contribution in [2.45, 2.75) is 6.61 Å². The van der Waals surface area contributed by atoms with Crippen LogP contribution in [0.4, 0.5) is 4.79 Å². The molecule has 0 bridgehead atoms. The highest BCUT2D eigenvalue weighted by molar-refractivity contribution is 14.1. The van der Waals surface area contributed by atoms with Gasteiger partial charge in [0.25, 0.3) is 5.91 Å². The summed E-state index contributed by atoms with van der Waals surface area (Å²) >= 11 is 2.10. The molecule has 3 amide bonds. The molecule has 0 unspecified atom stereocenters. The van der Waals surface area contributed by atoms with E-state index in [1.165, 1.54) is 7.11 Å². The highest BCUT2D eigenvalue weighted by Crippen LogP contribution is 2.35. The maximum Gasteiger partial charge on any atom is 0.326 e. The van der Waals surface area contributed by atoms with E-state index in [1.807, 2.05) is 12.1 Å². The van der Waals surface area contributed by atoms with E-state index in [-0.39, 0.29) is 12.3 Å². The standard InChI is InChI=1S/C19H14IN3O4/c1-26-16-8-11(7-15-18(24)23-19(25)22-15)6-14(20)17(16)27-10-13-5-3-2-4-12(13)9-21/h2-8H,10H2,1H3,(H2,22,23,24,25)/b15-7+. The predicted molar refractivity (Wildman–Crippen MR) is 106 cm³/mol. The van der Waals surface area contributed by atoms with Crippen molar-refractivity contribution in [1.29, 1.82) is 5.26 Å². The fourth-order valence-electron chi connectivity index (χ4n) is 2.52. The van der Waals surface area contributed by atoms with Gasteiger partial charge in [-0.1, -0.05) is 18.2 Å². The number of methoxy groups -OCH3 is 1. The second-order valence-electron chi connectivity index (χ2n) is 5.56. The Morgan fingerprint density at radius 3 is 2.67 bits per heavy atom. The fourth-order valence-corrected chi connectivity index (χ4v) is 3.30. The molecule has 27 heavy (non-hydrogen) atoms. The Labute approximate surface area is 169 Å². The third-order valence-electron chi connectivity index (χ3n) is 3.79. The number of amides is 3. The van der Waals surface area contributed by atoms with E-state index in [4.69, 9.17) is 9.47 Å². The van der Waals surface area contributed by atoms with Gasteiger partial charge in [0.05, 0.1) is 22.3 Å². The Morgan fingerprint density at radius 2 is 2.00 bits per heavy atom. The van der Waals surface area contributed by atoms with Crippen molar-refractivity contribution in [2.75, 3.05) is 7.11 Å². The molecule has 1 fully saturated rings. The second kappa shape index (κ2) is 8.09. The molecule has 2 N–H and O–H groups in total. The minimum absolute atomic E-state index is 0.162. The molecule has 2 aromatic rings. The highest BCUT2D eigenvalue weighted by atomic mass is 127. The van der Waals surface area contributed by atoms with E-state index in [0.29, 0.717) is 22.6 Å². The van der Waals surface area contributed by atoms with Crippen LogP contribution in [-0.2, 0) is 11.4 Å². The summed E-state index contributed by atoms with van der Waals surface area (Å²) in [6, 6.07) is 12.3. The largest absolute Gasteiger partial charge is 0.493 e. The number of nitriles is 1. The third-order valence-corrected chi connectivity index (χ3v) is 4.59. The Kier molecular flexibility index (Phi) is 5.61. The number of urea groups is 1. The van der Waals surface area contributed by atoms with Crippen LogP contribution in [0.2, 0.25) is 0 Å². The molecule has 1 saturated heterocycles. The molecule has 0 atom stereocenters. The molecule has 1 aliphatic rings. The number of halogens is 1. The molecule has 8 heteroatoms. The van der Waals surface area contributed by atoms with Gasteiger partial charge < -0.3 is 14.8 Å². The Hall–Kier alpha value is -3.06. The van der Waals surface area contributed by atoms with E-state index in [2.05, 4.69) is 39.3 Å². The van der Waals surface area contributed by atoms with Crippen molar-refractivity contribution < 1.29 is 19.1 Å². The Morgan fingerprint density at radius 1 is 1.22 bits per heavy atom. The van der Waals surface area contributed by atoms with Gasteiger partial charge >= 0.3 is 6.03 Å². The van der Waals surface area contributed by atoms with E-state index in [1.54, 1.807) is 30.3 Å². The molecule has 0 spiro atoms. The molecular weight excluding hydrogens is 461 g/mol. The first-order valence-corrected chi connectivity index (χ1v) is 8.92. The van der Waals surface area contributed by atoms with Crippen molar-refractivity contribution in [3.05, 3.63) is 62.4 Å². The van der Waals surface area contributed by atoms with Crippen molar-refractivity contribution >= 4 is 40.6 Å². The van der Waals surface area contributed by atoms with E-state index >= 15 is 0 Å². The summed E-state index contributed by atoms with van der Waals surface area (Å²) in [6.07, 6.45) is 1.56. The third kappa shape index (κ3) is 4.20. The van der Waals surface area contributed by atoms with E-state index < -0.39 is 11.9 Å². The predicted octanol–water partition coefficient (Wildman–Crippen LogP) is 2.93. The first kappa shape index (κ1) is 18.7. The van der Waals surface area contributed by atoms with Gasteiger partial charge in [-0.05, 0) is 52.4 Å². The maximum absolute atomic E-state index is 11.7. The molecule has 7 nitrogen and oxygen atoms in total. The van der Waals surface area contributed by atoms with Crippen molar-refractivity contribution in [3.63, 3.8) is 0 Å². The van der Waals surface area contributed by atoms with E-state index in [0.717, 1.165) is 9.13 Å². The van der Waals surface area contributed by atoms with E-state index in [9.17, 15) is 14.9 Å². The number of hydrogen-bond acceptors (Lipinski definition) is 5. The lowest BCUT2D eigenvalue weighted by Crippen LogP contribution is -2.22. The lowest BCUT2D eigenvalue weighted by Gasteiger charge is -2.14. The number of imide groups is 1. The molecule has 136 valence electrons. The van der Waals surface area contributed by atoms with Crippen LogP contribution in [0.1, 0.15) is 16.7 Å². The summed E-state index contributed by atoms with van der Waals surface area (Å²) in [6.45, 7) is 0.217. The molecule has 0 radical (unpaired) electrons. The zero-order chi connectivity index (χ0) is 19.4. The zero-order valence-electron chi connectivity index (χ0n) is 14.2. The average molecular weight is 475 g/mol. The number of benzene rings is 2. The summed E-state index contributed by atoms with van der Waals surface area (Å²) < 4.78 is 12.1. The van der Waals surface area contributed by atoms with Gasteiger partial charge in [0, 0.05) is 5.56 Å². The van der Waals surface area contributed by atoms with Gasteiger partial charge in [-0.3, -0.25) is 10.1 Å². The number of carbonyl (C=O) groups is 2. The van der Waals surface area contributed by atoms with Gasteiger partial charge in [0.2, 0.25) is 0 Å². The van der Waals surface area contributed by atoms with Crippen LogP contribution in [0.5, 0.6) is 11.5 Å². The molecule has 3 rings (SSSR count). The van der Waals surface area contributed by atoms with Gasteiger partial charge in [-0.2, -0.15) is 5.26 Å². The number of rotatable bonds is 5. The minimum atomic E-state index is -0.552. The van der Waals surface area contributed by atoms with Crippen molar-refractivity contribution in [1.82, 2.24) is 10.6 Å². The molecule has 0 aromatic heterocycles. The fraction of sp³-hybridized carbons (Fsp3) is 0.105. The number of carbonyl (C=O) groups excluding carboxylic acids is 2. The highest BCUT2D eigenvalue weighted by Gasteiger charge is 2.23. The first-order chi connectivity index (χ1) is 13.0. The smallest absolute Gasteiger partial charge is 0.326 e. The number of nitrogens with zero attached hydrogens (tertiary/aromatic N) is 1. The van der Waals surface area contributed by atoms with Crippen molar-refractivity contribution in [3.8, 4) is 17.6 Å². The second-order valence-corrected chi connectivity index (χ2v) is 6.72. The summed E-state index contributed by atoms with van der Waals surface area (Å²) in [5.74, 6) is 0.531. The van der Waals surface area contributed by atoms with Gasteiger partial charge in [0.15, 0.2) is 11.5 Å². The molecule has 0 saturated carbocycles. The Bertz CT molecular complexity index is 995. The summed E-state index contributed by atoms with van der Waals surface area (Å²) in [5.41, 5.74) is 2.16. The number of ether oxygens (including phenoxy) is 2. The molecule has 1 heterocycles. The van der Waals surface area contributed by atoms with Crippen LogP contribution in [0.25, 0.3) is 6.08 Å². The van der Waals surface area contributed by atoms with Crippen molar-refractivity contribution in [2.24, 2.45) is 0 Å². The first-order valence-electron chi connectivity index (χ1n) is 7.84. The summed E-state index contributed by atoms with van der Waals surface area (Å²) in [5, 5.41) is 13.8. The topological polar surface area (TPSA) is 100 Å².